The number of hydrogen-bond donors (Lipinski definition) is 1. The van der Waals surface area contributed by atoms with Gasteiger partial charge in [-0.15, -0.1) is 11.3 Å². The maximum absolute atomic E-state index is 11.8. The lowest BCUT2D eigenvalue weighted by molar-refractivity contribution is -0.120. The Balaban J connectivity index is 2.47. The highest BCUT2D eigenvalue weighted by atomic mass is 32.1. The molecule has 0 aliphatic carbocycles. The van der Waals surface area contributed by atoms with E-state index in [1.165, 1.54) is 9.75 Å². The van der Waals surface area contributed by atoms with Crippen LogP contribution in [0.15, 0.2) is 23.9 Å². The molecule has 0 fully saturated rings. The van der Waals surface area contributed by atoms with E-state index in [1.54, 1.807) is 0 Å². The number of hydrogen-bond acceptors (Lipinski definition) is 2. The molecule has 19 heavy (non-hydrogen) atoms. The van der Waals surface area contributed by atoms with Crippen molar-refractivity contribution in [3.63, 3.8) is 0 Å². The second-order valence-corrected chi connectivity index (χ2v) is 7.03. The summed E-state index contributed by atoms with van der Waals surface area (Å²) in [6, 6.07) is 4.33. The summed E-state index contributed by atoms with van der Waals surface area (Å²) in [4.78, 5) is 14.4. The van der Waals surface area contributed by atoms with Gasteiger partial charge < -0.3 is 5.32 Å². The van der Waals surface area contributed by atoms with Crippen LogP contribution in [0.2, 0.25) is 0 Å². The zero-order valence-electron chi connectivity index (χ0n) is 12.7. The van der Waals surface area contributed by atoms with Crippen molar-refractivity contribution in [3.8, 4) is 0 Å². The van der Waals surface area contributed by atoms with Gasteiger partial charge >= 0.3 is 0 Å². The summed E-state index contributed by atoms with van der Waals surface area (Å²) in [7, 11) is 0. The number of allylic oxidation sites excluding steroid dienone is 2. The summed E-state index contributed by atoms with van der Waals surface area (Å²) in [5, 5.41) is 2.91. The van der Waals surface area contributed by atoms with Gasteiger partial charge in [0.1, 0.15) is 0 Å². The third-order valence-electron chi connectivity index (χ3n) is 2.85. The summed E-state index contributed by atoms with van der Waals surface area (Å²) >= 11 is 1.82. The van der Waals surface area contributed by atoms with Crippen molar-refractivity contribution in [1.29, 1.82) is 0 Å². The molecule has 1 aromatic heterocycles. The molecule has 1 N–H and O–H groups in total. The lowest BCUT2D eigenvalue weighted by atomic mass is 9.95. The maximum atomic E-state index is 11.8. The van der Waals surface area contributed by atoms with Crippen molar-refractivity contribution in [1.82, 2.24) is 5.32 Å². The van der Waals surface area contributed by atoms with Crippen molar-refractivity contribution in [2.75, 3.05) is 0 Å². The molecule has 1 rings (SSSR count). The Morgan fingerprint density at radius 1 is 1.37 bits per heavy atom. The molecule has 3 heteroatoms. The number of carbonyl (C=O) groups excluding carboxylic acids is 1. The molecule has 1 aromatic rings. The van der Waals surface area contributed by atoms with Crippen LogP contribution in [-0.2, 0) is 16.6 Å². The lowest BCUT2D eigenvalue weighted by Gasteiger charge is -2.15. The minimum absolute atomic E-state index is 0.105. The van der Waals surface area contributed by atoms with Gasteiger partial charge in [-0.2, -0.15) is 0 Å². The fourth-order valence-corrected chi connectivity index (χ4v) is 2.86. The van der Waals surface area contributed by atoms with Crippen LogP contribution in [0, 0.1) is 0 Å². The molecule has 0 saturated carbocycles. The van der Waals surface area contributed by atoms with Crippen LogP contribution in [-0.4, -0.2) is 5.91 Å². The average Bonchev–Trinajstić information content (AvgIpc) is 2.74. The van der Waals surface area contributed by atoms with Crippen LogP contribution in [0.25, 0.3) is 0 Å². The summed E-state index contributed by atoms with van der Waals surface area (Å²) in [5.74, 6) is 0.105. The van der Waals surface area contributed by atoms with E-state index in [4.69, 9.17) is 0 Å². The zero-order valence-corrected chi connectivity index (χ0v) is 13.5. The highest BCUT2D eigenvalue weighted by molar-refractivity contribution is 7.12. The predicted molar refractivity (Wildman–Crippen MR) is 83.5 cm³/mol. The van der Waals surface area contributed by atoms with Gasteiger partial charge in [0.05, 0.1) is 0 Å². The van der Waals surface area contributed by atoms with E-state index >= 15 is 0 Å². The molecule has 0 aliphatic rings. The number of aryl methyl sites for hydroxylation is 1. The van der Waals surface area contributed by atoms with E-state index in [0.717, 1.165) is 18.5 Å². The van der Waals surface area contributed by atoms with Gasteiger partial charge in [-0.1, -0.05) is 33.8 Å². The molecule has 0 unspecified atom stereocenters. The van der Waals surface area contributed by atoms with Crippen molar-refractivity contribution < 1.29 is 4.79 Å². The van der Waals surface area contributed by atoms with Gasteiger partial charge in [0.2, 0.25) is 5.91 Å². The summed E-state index contributed by atoms with van der Waals surface area (Å²) in [6.07, 6.45) is 4.36. The quantitative estimate of drug-likeness (QED) is 0.850. The first-order chi connectivity index (χ1) is 8.82. The number of rotatable bonds is 5. The highest BCUT2D eigenvalue weighted by Crippen LogP contribution is 2.29. The number of nitrogens with one attached hydrogen (secondary N) is 1. The Bertz CT molecular complexity index is 452. The van der Waals surface area contributed by atoms with Crippen molar-refractivity contribution in [3.05, 3.63) is 33.7 Å². The van der Waals surface area contributed by atoms with Crippen LogP contribution in [0.1, 0.15) is 57.2 Å². The lowest BCUT2D eigenvalue weighted by Crippen LogP contribution is -2.21. The molecule has 2 nitrogen and oxygen atoms in total. The van der Waals surface area contributed by atoms with Crippen molar-refractivity contribution >= 4 is 17.2 Å². The van der Waals surface area contributed by atoms with E-state index in [1.807, 2.05) is 24.3 Å². The van der Waals surface area contributed by atoms with E-state index in [9.17, 15) is 4.79 Å². The van der Waals surface area contributed by atoms with Crippen molar-refractivity contribution in [2.24, 2.45) is 0 Å². The first-order valence-corrected chi connectivity index (χ1v) is 7.70. The van der Waals surface area contributed by atoms with Crippen LogP contribution in [0.3, 0.4) is 0 Å². The number of thiophene rings is 1. The topological polar surface area (TPSA) is 29.1 Å². The van der Waals surface area contributed by atoms with Crippen molar-refractivity contribution in [2.45, 2.75) is 59.3 Å². The number of amides is 1. The highest BCUT2D eigenvalue weighted by Gasteiger charge is 2.16. The Labute approximate surface area is 120 Å². The van der Waals surface area contributed by atoms with Gasteiger partial charge in [0.15, 0.2) is 0 Å². The molecule has 0 saturated heterocycles. The normalized spacial score (nSPS) is 12.6. The SMILES string of the molecule is CC/C=C(\C)NC(=O)CCc1ccc(C(C)(C)C)s1. The smallest absolute Gasteiger partial charge is 0.224 e. The van der Waals surface area contributed by atoms with Crippen LogP contribution >= 0.6 is 11.3 Å². The Kier molecular flexibility index (Phi) is 5.80. The zero-order chi connectivity index (χ0) is 14.5. The fraction of sp³-hybridized carbons (Fsp3) is 0.562. The molecule has 0 radical (unpaired) electrons. The number of carbonyl (C=O) groups is 1. The van der Waals surface area contributed by atoms with Gasteiger partial charge in [-0.3, -0.25) is 4.79 Å². The standard InChI is InChI=1S/C16H25NOS/c1-6-7-12(2)17-15(18)11-9-13-8-10-14(19-13)16(3,4)5/h7-8,10H,6,9,11H2,1-5H3,(H,17,18)/b12-7+. The van der Waals surface area contributed by atoms with Gasteiger partial charge in [0.25, 0.3) is 0 Å². The minimum atomic E-state index is 0.105. The van der Waals surface area contributed by atoms with E-state index in [2.05, 4.69) is 45.1 Å². The second kappa shape index (κ2) is 6.90. The summed E-state index contributed by atoms with van der Waals surface area (Å²) < 4.78 is 0. The van der Waals surface area contributed by atoms with E-state index in [-0.39, 0.29) is 11.3 Å². The van der Waals surface area contributed by atoms with Gasteiger partial charge in [0, 0.05) is 21.9 Å². The third kappa shape index (κ3) is 5.60. The predicted octanol–water partition coefficient (Wildman–Crippen LogP) is 4.41. The Morgan fingerprint density at radius 3 is 2.58 bits per heavy atom. The molecule has 0 atom stereocenters. The average molecular weight is 279 g/mol. The first-order valence-electron chi connectivity index (χ1n) is 6.88. The molecular weight excluding hydrogens is 254 g/mol. The van der Waals surface area contributed by atoms with Gasteiger partial charge in [-0.05, 0) is 37.3 Å². The molecule has 0 aromatic carbocycles. The second-order valence-electron chi connectivity index (χ2n) is 5.86. The third-order valence-corrected chi connectivity index (χ3v) is 4.42. The first kappa shape index (κ1) is 16.0. The van der Waals surface area contributed by atoms with Gasteiger partial charge in [-0.25, -0.2) is 0 Å². The monoisotopic (exact) mass is 279 g/mol. The van der Waals surface area contributed by atoms with Crippen LogP contribution in [0.5, 0.6) is 0 Å². The fourth-order valence-electron chi connectivity index (χ4n) is 1.79. The molecule has 106 valence electrons. The maximum Gasteiger partial charge on any atom is 0.224 e. The molecule has 0 aliphatic heterocycles. The summed E-state index contributed by atoms with van der Waals surface area (Å²) in [6.45, 7) is 10.6. The molecular formula is C16H25NOS. The molecule has 1 amide bonds. The minimum Gasteiger partial charge on any atom is -0.330 e. The Hall–Kier alpha value is -1.09. The van der Waals surface area contributed by atoms with Crippen LogP contribution < -0.4 is 5.32 Å². The van der Waals surface area contributed by atoms with Crippen LogP contribution in [0.4, 0.5) is 0 Å². The van der Waals surface area contributed by atoms with E-state index < -0.39 is 0 Å². The largest absolute Gasteiger partial charge is 0.330 e. The molecule has 1 heterocycles. The molecule has 0 bridgehead atoms. The molecule has 0 spiro atoms. The Morgan fingerprint density at radius 2 is 2.05 bits per heavy atom. The summed E-state index contributed by atoms with van der Waals surface area (Å²) in [5.41, 5.74) is 1.15. The van der Waals surface area contributed by atoms with E-state index in [0.29, 0.717) is 6.42 Å².